The van der Waals surface area contributed by atoms with Gasteiger partial charge in [-0.25, -0.2) is 0 Å². The molecule has 0 spiro atoms. The molecule has 0 bridgehead atoms. The van der Waals surface area contributed by atoms with Crippen molar-refractivity contribution in [2.75, 3.05) is 11.9 Å². The molecule has 0 saturated carbocycles. The minimum absolute atomic E-state index is 0.112. The lowest BCUT2D eigenvalue weighted by atomic mass is 10.2. The van der Waals surface area contributed by atoms with Crippen LogP contribution < -0.4 is 10.1 Å². The van der Waals surface area contributed by atoms with Crippen molar-refractivity contribution in [1.82, 2.24) is 15.0 Å². The van der Waals surface area contributed by atoms with E-state index in [9.17, 15) is 0 Å². The van der Waals surface area contributed by atoms with E-state index in [0.717, 1.165) is 23.0 Å². The van der Waals surface area contributed by atoms with Crippen LogP contribution in [0.5, 0.6) is 6.01 Å². The Hall–Kier alpha value is -1.40. The number of hydrogen-bond acceptors (Lipinski definition) is 5. The fraction of sp³-hybridized carbons (Fsp3) is 0.308. The molecule has 0 radical (unpaired) electrons. The Balaban J connectivity index is 2.05. The van der Waals surface area contributed by atoms with Crippen molar-refractivity contribution in [2.45, 2.75) is 20.0 Å². The highest BCUT2D eigenvalue weighted by Gasteiger charge is 2.07. The number of benzene rings is 1. The summed E-state index contributed by atoms with van der Waals surface area (Å²) in [5.74, 6) is 0.425. The lowest BCUT2D eigenvalue weighted by Crippen LogP contribution is -2.08. The first-order valence-electron chi connectivity index (χ1n) is 6.20. The second kappa shape index (κ2) is 7.40. The summed E-state index contributed by atoms with van der Waals surface area (Å²) in [6.45, 7) is 3.18. The summed E-state index contributed by atoms with van der Waals surface area (Å²) >= 11 is 9.31. The SMILES string of the molecule is CCCNc1nc(Cl)nc(OCc2ccccc2Br)n1. The second-order valence-corrected chi connectivity index (χ2v) is 5.21. The summed E-state index contributed by atoms with van der Waals surface area (Å²) in [6, 6.07) is 8.01. The fourth-order valence-corrected chi connectivity index (χ4v) is 2.02. The van der Waals surface area contributed by atoms with E-state index in [1.54, 1.807) is 0 Å². The van der Waals surface area contributed by atoms with Gasteiger partial charge in [-0.3, -0.25) is 0 Å². The third kappa shape index (κ3) is 4.31. The standard InChI is InChI=1S/C13H14BrClN4O/c1-2-7-16-12-17-11(15)18-13(19-12)20-8-9-5-3-4-6-10(9)14/h3-6H,2,7-8H2,1H3,(H,16,17,18,19). The minimum Gasteiger partial charge on any atom is -0.458 e. The Labute approximate surface area is 130 Å². The van der Waals surface area contributed by atoms with E-state index in [0.29, 0.717) is 12.6 Å². The van der Waals surface area contributed by atoms with Crippen LogP contribution in [0.2, 0.25) is 5.28 Å². The van der Waals surface area contributed by atoms with Gasteiger partial charge in [0.1, 0.15) is 6.61 Å². The highest BCUT2D eigenvalue weighted by molar-refractivity contribution is 9.10. The normalized spacial score (nSPS) is 10.3. The van der Waals surface area contributed by atoms with Gasteiger partial charge in [0.25, 0.3) is 0 Å². The van der Waals surface area contributed by atoms with Crippen molar-refractivity contribution in [3.05, 3.63) is 39.6 Å². The van der Waals surface area contributed by atoms with Gasteiger partial charge >= 0.3 is 6.01 Å². The number of aromatic nitrogens is 3. The number of ether oxygens (including phenoxy) is 1. The maximum absolute atomic E-state index is 5.85. The van der Waals surface area contributed by atoms with Crippen molar-refractivity contribution in [3.8, 4) is 6.01 Å². The van der Waals surface area contributed by atoms with Gasteiger partial charge in [0.05, 0.1) is 0 Å². The lowest BCUT2D eigenvalue weighted by Gasteiger charge is -2.08. The van der Waals surface area contributed by atoms with E-state index in [-0.39, 0.29) is 11.3 Å². The number of anilines is 1. The maximum Gasteiger partial charge on any atom is 0.322 e. The molecule has 0 fully saturated rings. The third-order valence-electron chi connectivity index (χ3n) is 2.44. The van der Waals surface area contributed by atoms with Crippen LogP contribution in [0.3, 0.4) is 0 Å². The molecular formula is C13H14BrClN4O. The van der Waals surface area contributed by atoms with Crippen LogP contribution in [0, 0.1) is 0 Å². The molecule has 1 aromatic heterocycles. The number of rotatable bonds is 6. The monoisotopic (exact) mass is 356 g/mol. The Bertz CT molecular complexity index is 582. The maximum atomic E-state index is 5.85. The van der Waals surface area contributed by atoms with Gasteiger partial charge < -0.3 is 10.1 Å². The van der Waals surface area contributed by atoms with Crippen LogP contribution in [-0.2, 0) is 6.61 Å². The third-order valence-corrected chi connectivity index (χ3v) is 3.38. The van der Waals surface area contributed by atoms with E-state index < -0.39 is 0 Å². The van der Waals surface area contributed by atoms with Crippen LogP contribution in [0.4, 0.5) is 5.95 Å². The van der Waals surface area contributed by atoms with E-state index in [1.165, 1.54) is 0 Å². The first-order valence-corrected chi connectivity index (χ1v) is 7.37. The quantitative estimate of drug-likeness (QED) is 0.854. The zero-order chi connectivity index (χ0) is 14.4. The van der Waals surface area contributed by atoms with Crippen LogP contribution >= 0.6 is 27.5 Å². The van der Waals surface area contributed by atoms with Gasteiger partial charge in [-0.05, 0) is 24.1 Å². The smallest absolute Gasteiger partial charge is 0.322 e. The average Bonchev–Trinajstić information content (AvgIpc) is 2.44. The molecule has 106 valence electrons. The number of nitrogens with zero attached hydrogens (tertiary/aromatic N) is 3. The summed E-state index contributed by atoms with van der Waals surface area (Å²) < 4.78 is 6.53. The molecular weight excluding hydrogens is 344 g/mol. The molecule has 0 unspecified atom stereocenters. The van der Waals surface area contributed by atoms with Crippen molar-refractivity contribution < 1.29 is 4.74 Å². The molecule has 5 nitrogen and oxygen atoms in total. The van der Waals surface area contributed by atoms with Gasteiger partial charge in [-0.15, -0.1) is 0 Å². The summed E-state index contributed by atoms with van der Waals surface area (Å²) in [6.07, 6.45) is 0.969. The van der Waals surface area contributed by atoms with E-state index in [2.05, 4.69) is 43.1 Å². The molecule has 1 N–H and O–H groups in total. The molecule has 0 saturated heterocycles. The molecule has 2 rings (SSSR count). The van der Waals surface area contributed by atoms with Crippen molar-refractivity contribution in [2.24, 2.45) is 0 Å². The van der Waals surface area contributed by atoms with Crippen LogP contribution in [0.15, 0.2) is 28.7 Å². The highest BCUT2D eigenvalue weighted by atomic mass is 79.9. The molecule has 7 heteroatoms. The Morgan fingerprint density at radius 3 is 2.80 bits per heavy atom. The van der Waals surface area contributed by atoms with Gasteiger partial charge in [-0.1, -0.05) is 41.1 Å². The van der Waals surface area contributed by atoms with Crippen molar-refractivity contribution in [3.63, 3.8) is 0 Å². The molecule has 20 heavy (non-hydrogen) atoms. The lowest BCUT2D eigenvalue weighted by molar-refractivity contribution is 0.279. The van der Waals surface area contributed by atoms with E-state index in [1.807, 2.05) is 24.3 Å². The van der Waals surface area contributed by atoms with Gasteiger partial charge in [-0.2, -0.15) is 15.0 Å². The zero-order valence-corrected chi connectivity index (χ0v) is 13.3. The van der Waals surface area contributed by atoms with Gasteiger partial charge in [0, 0.05) is 16.6 Å². The molecule has 1 heterocycles. The average molecular weight is 358 g/mol. The first-order chi connectivity index (χ1) is 9.69. The van der Waals surface area contributed by atoms with Crippen LogP contribution in [0.1, 0.15) is 18.9 Å². The van der Waals surface area contributed by atoms with Gasteiger partial charge in [0.15, 0.2) is 0 Å². The van der Waals surface area contributed by atoms with Crippen LogP contribution in [-0.4, -0.2) is 21.5 Å². The Kier molecular flexibility index (Phi) is 5.55. The molecule has 0 aliphatic carbocycles. The molecule has 0 aliphatic heterocycles. The zero-order valence-electron chi connectivity index (χ0n) is 10.9. The predicted molar refractivity (Wildman–Crippen MR) is 82.1 cm³/mol. The second-order valence-electron chi connectivity index (χ2n) is 4.02. The topological polar surface area (TPSA) is 59.9 Å². The molecule has 0 amide bonds. The summed E-state index contributed by atoms with van der Waals surface area (Å²) in [5, 5.41) is 3.16. The summed E-state index contributed by atoms with van der Waals surface area (Å²) in [7, 11) is 0. The van der Waals surface area contributed by atoms with Crippen molar-refractivity contribution in [1.29, 1.82) is 0 Å². The minimum atomic E-state index is 0.112. The van der Waals surface area contributed by atoms with Crippen LogP contribution in [0.25, 0.3) is 0 Å². The Morgan fingerprint density at radius 2 is 2.05 bits per heavy atom. The molecule has 2 aromatic rings. The fourth-order valence-electron chi connectivity index (χ4n) is 1.47. The molecule has 0 aliphatic rings. The van der Waals surface area contributed by atoms with E-state index in [4.69, 9.17) is 16.3 Å². The summed E-state index contributed by atoms with van der Waals surface area (Å²) in [4.78, 5) is 12.1. The van der Waals surface area contributed by atoms with E-state index >= 15 is 0 Å². The Morgan fingerprint density at radius 1 is 1.25 bits per heavy atom. The predicted octanol–water partition coefficient (Wildman–Crippen LogP) is 3.69. The summed E-state index contributed by atoms with van der Waals surface area (Å²) in [5.41, 5.74) is 1.01. The first kappa shape index (κ1) is 15.0. The largest absolute Gasteiger partial charge is 0.458 e. The number of hydrogen-bond donors (Lipinski definition) is 1. The number of nitrogens with one attached hydrogen (secondary N) is 1. The highest BCUT2D eigenvalue weighted by Crippen LogP contribution is 2.18. The molecule has 0 atom stereocenters. The van der Waals surface area contributed by atoms with Gasteiger partial charge in [0.2, 0.25) is 11.2 Å². The molecule has 1 aromatic carbocycles. The van der Waals surface area contributed by atoms with Crippen molar-refractivity contribution >= 4 is 33.5 Å². The number of halogens is 2.